The van der Waals surface area contributed by atoms with Crippen molar-refractivity contribution in [1.82, 2.24) is 14.3 Å². The summed E-state index contributed by atoms with van der Waals surface area (Å²) in [5.74, 6) is -0.488. The standard InChI is InChI=1S/C22H22N4O3S/c1-12-16(14(3)25(4)24-12)11-17-20(27)26-19(15-9-7-6-8-10-15)18(21(28)29-5)13(2)23-22(26)30-17/h6-11,19H,1-5H3/b17-11-. The average molecular weight is 423 g/mol. The molecule has 0 bridgehead atoms. The fraction of sp³-hybridized carbons (Fsp3) is 0.273. The number of aromatic nitrogens is 3. The van der Waals surface area contributed by atoms with E-state index in [0.717, 1.165) is 22.5 Å². The van der Waals surface area contributed by atoms with Crippen LogP contribution in [0.1, 0.15) is 35.5 Å². The summed E-state index contributed by atoms with van der Waals surface area (Å²) in [7, 11) is 3.21. The van der Waals surface area contributed by atoms with Crippen LogP contribution in [0.5, 0.6) is 0 Å². The first kappa shape index (κ1) is 20.0. The number of carbonyl (C=O) groups is 1. The number of esters is 1. The highest BCUT2D eigenvalue weighted by atomic mass is 32.1. The maximum Gasteiger partial charge on any atom is 0.338 e. The molecule has 1 aromatic carbocycles. The Morgan fingerprint density at radius 1 is 1.20 bits per heavy atom. The lowest BCUT2D eigenvalue weighted by Crippen LogP contribution is -2.39. The molecule has 1 unspecified atom stereocenters. The summed E-state index contributed by atoms with van der Waals surface area (Å²) in [4.78, 5) is 31.2. The minimum atomic E-state index is -0.590. The van der Waals surface area contributed by atoms with Gasteiger partial charge in [0.05, 0.1) is 34.6 Å². The van der Waals surface area contributed by atoms with Crippen molar-refractivity contribution in [2.45, 2.75) is 26.8 Å². The molecular formula is C22H22N4O3S. The predicted octanol–water partition coefficient (Wildman–Crippen LogP) is 1.76. The van der Waals surface area contributed by atoms with Crippen molar-refractivity contribution in [3.8, 4) is 0 Å². The zero-order chi connectivity index (χ0) is 21.6. The molecule has 154 valence electrons. The van der Waals surface area contributed by atoms with Crippen LogP contribution in [0, 0.1) is 13.8 Å². The Balaban J connectivity index is 2.01. The molecule has 1 aliphatic rings. The number of methoxy groups -OCH3 is 1. The van der Waals surface area contributed by atoms with E-state index < -0.39 is 12.0 Å². The first-order chi connectivity index (χ1) is 14.3. The normalized spacial score (nSPS) is 16.4. The Kier molecular flexibility index (Phi) is 5.03. The molecule has 1 atom stereocenters. The molecule has 7 nitrogen and oxygen atoms in total. The molecule has 3 heterocycles. The molecule has 2 aromatic heterocycles. The van der Waals surface area contributed by atoms with Gasteiger partial charge in [0.2, 0.25) is 0 Å². The maximum atomic E-state index is 13.5. The maximum absolute atomic E-state index is 13.5. The van der Waals surface area contributed by atoms with Gasteiger partial charge in [-0.15, -0.1) is 0 Å². The van der Waals surface area contributed by atoms with Crippen molar-refractivity contribution in [3.63, 3.8) is 0 Å². The van der Waals surface area contributed by atoms with Gasteiger partial charge in [-0.3, -0.25) is 14.0 Å². The van der Waals surface area contributed by atoms with E-state index in [2.05, 4.69) is 10.1 Å². The van der Waals surface area contributed by atoms with E-state index in [-0.39, 0.29) is 5.56 Å². The number of carbonyl (C=O) groups excluding carboxylic acids is 1. The third-order valence-electron chi connectivity index (χ3n) is 5.38. The number of benzene rings is 1. The summed E-state index contributed by atoms with van der Waals surface area (Å²) in [6.45, 7) is 5.66. The fourth-order valence-electron chi connectivity index (χ4n) is 3.77. The van der Waals surface area contributed by atoms with Crippen LogP contribution in [0.4, 0.5) is 0 Å². The van der Waals surface area contributed by atoms with Gasteiger partial charge in [0.15, 0.2) is 4.80 Å². The van der Waals surface area contributed by atoms with Crippen LogP contribution in [0.15, 0.2) is 51.4 Å². The van der Waals surface area contributed by atoms with Gasteiger partial charge in [0.1, 0.15) is 0 Å². The molecule has 1 aliphatic heterocycles. The highest BCUT2D eigenvalue weighted by Crippen LogP contribution is 2.30. The van der Waals surface area contributed by atoms with Crippen LogP contribution < -0.4 is 14.9 Å². The van der Waals surface area contributed by atoms with Gasteiger partial charge in [-0.2, -0.15) is 5.10 Å². The summed E-state index contributed by atoms with van der Waals surface area (Å²) in [5.41, 5.74) is 4.31. The van der Waals surface area contributed by atoms with E-state index >= 15 is 0 Å². The van der Waals surface area contributed by atoms with Gasteiger partial charge in [-0.1, -0.05) is 41.7 Å². The summed E-state index contributed by atoms with van der Waals surface area (Å²) in [5, 5.41) is 4.43. The molecule has 30 heavy (non-hydrogen) atoms. The Labute approximate surface area is 177 Å². The number of rotatable bonds is 3. The minimum absolute atomic E-state index is 0.191. The molecule has 4 rings (SSSR count). The summed E-state index contributed by atoms with van der Waals surface area (Å²) < 4.78 is 8.95. The van der Waals surface area contributed by atoms with Gasteiger partial charge in [0.25, 0.3) is 5.56 Å². The van der Waals surface area contributed by atoms with Crippen LogP contribution in [0.25, 0.3) is 6.08 Å². The number of fused-ring (bicyclic) bond motifs is 1. The second kappa shape index (κ2) is 7.53. The number of allylic oxidation sites excluding steroid dienone is 1. The van der Waals surface area contributed by atoms with E-state index in [1.807, 2.05) is 57.3 Å². The number of thiazole rings is 1. The Bertz CT molecular complexity index is 1360. The van der Waals surface area contributed by atoms with Crippen LogP contribution in [0.2, 0.25) is 0 Å². The zero-order valence-corrected chi connectivity index (χ0v) is 18.3. The molecule has 8 heteroatoms. The Morgan fingerprint density at radius 3 is 2.50 bits per heavy atom. The molecular weight excluding hydrogens is 400 g/mol. The van der Waals surface area contributed by atoms with Crippen molar-refractivity contribution in [2.75, 3.05) is 7.11 Å². The molecule has 0 radical (unpaired) electrons. The Hall–Kier alpha value is -3.26. The monoisotopic (exact) mass is 422 g/mol. The molecule has 0 spiro atoms. The number of nitrogens with zero attached hydrogens (tertiary/aromatic N) is 4. The van der Waals surface area contributed by atoms with E-state index in [1.54, 1.807) is 16.2 Å². The zero-order valence-electron chi connectivity index (χ0n) is 17.5. The highest BCUT2D eigenvalue weighted by Gasteiger charge is 2.32. The van der Waals surface area contributed by atoms with Gasteiger partial charge in [0, 0.05) is 18.3 Å². The van der Waals surface area contributed by atoms with E-state index in [0.29, 0.717) is 20.6 Å². The largest absolute Gasteiger partial charge is 0.466 e. The number of aryl methyl sites for hydroxylation is 2. The molecule has 0 saturated carbocycles. The van der Waals surface area contributed by atoms with Gasteiger partial charge in [-0.25, -0.2) is 9.79 Å². The number of hydrogen-bond donors (Lipinski definition) is 0. The minimum Gasteiger partial charge on any atom is -0.466 e. The van der Waals surface area contributed by atoms with E-state index in [4.69, 9.17) is 4.74 Å². The lowest BCUT2D eigenvalue weighted by Gasteiger charge is -2.24. The molecule has 0 amide bonds. The first-order valence-electron chi connectivity index (χ1n) is 9.49. The topological polar surface area (TPSA) is 78.5 Å². The molecule has 3 aromatic rings. The summed E-state index contributed by atoms with van der Waals surface area (Å²) >= 11 is 1.31. The third kappa shape index (κ3) is 3.13. The van der Waals surface area contributed by atoms with Crippen LogP contribution in [0.3, 0.4) is 0 Å². The van der Waals surface area contributed by atoms with Gasteiger partial charge in [-0.05, 0) is 32.4 Å². The molecule has 0 N–H and O–H groups in total. The van der Waals surface area contributed by atoms with Crippen LogP contribution >= 0.6 is 11.3 Å². The predicted molar refractivity (Wildman–Crippen MR) is 115 cm³/mol. The highest BCUT2D eigenvalue weighted by molar-refractivity contribution is 7.07. The molecule has 0 aliphatic carbocycles. The lowest BCUT2D eigenvalue weighted by molar-refractivity contribution is -0.136. The quantitative estimate of drug-likeness (QED) is 0.603. The van der Waals surface area contributed by atoms with Crippen LogP contribution in [-0.4, -0.2) is 27.4 Å². The molecule has 0 fully saturated rings. The lowest BCUT2D eigenvalue weighted by atomic mass is 9.96. The Morgan fingerprint density at radius 2 is 1.90 bits per heavy atom. The third-order valence-corrected chi connectivity index (χ3v) is 6.37. The van der Waals surface area contributed by atoms with Crippen LogP contribution in [-0.2, 0) is 16.6 Å². The second-order valence-corrected chi connectivity index (χ2v) is 8.20. The number of ether oxygens (including phenoxy) is 1. The summed E-state index contributed by atoms with van der Waals surface area (Å²) in [6.07, 6.45) is 1.86. The molecule has 0 saturated heterocycles. The van der Waals surface area contributed by atoms with E-state index in [9.17, 15) is 9.59 Å². The van der Waals surface area contributed by atoms with Crippen molar-refractivity contribution < 1.29 is 9.53 Å². The smallest absolute Gasteiger partial charge is 0.338 e. The van der Waals surface area contributed by atoms with Crippen molar-refractivity contribution in [1.29, 1.82) is 0 Å². The van der Waals surface area contributed by atoms with Crippen molar-refractivity contribution in [3.05, 3.63) is 83.8 Å². The summed E-state index contributed by atoms with van der Waals surface area (Å²) in [6, 6.07) is 8.89. The van der Waals surface area contributed by atoms with Gasteiger partial charge >= 0.3 is 5.97 Å². The van der Waals surface area contributed by atoms with Crippen molar-refractivity contribution in [2.24, 2.45) is 12.0 Å². The first-order valence-corrected chi connectivity index (χ1v) is 10.3. The second-order valence-electron chi connectivity index (χ2n) is 7.19. The average Bonchev–Trinajstić information content (AvgIpc) is 3.17. The van der Waals surface area contributed by atoms with Gasteiger partial charge < -0.3 is 4.74 Å². The van der Waals surface area contributed by atoms with E-state index in [1.165, 1.54) is 18.4 Å². The SMILES string of the molecule is COC(=O)C1=C(C)N=c2s/c(=C\c3c(C)nn(C)c3C)c(=O)n2C1c1ccccc1. The number of hydrogen-bond acceptors (Lipinski definition) is 6. The fourth-order valence-corrected chi connectivity index (χ4v) is 4.80. The van der Waals surface area contributed by atoms with Crippen molar-refractivity contribution >= 4 is 23.4 Å².